The van der Waals surface area contributed by atoms with Crippen molar-refractivity contribution in [3.05, 3.63) is 71.2 Å². The lowest BCUT2D eigenvalue weighted by molar-refractivity contribution is -0.129. The number of nitrogens with zero attached hydrogens (tertiary/aromatic N) is 2. The highest BCUT2D eigenvalue weighted by atomic mass is 16.5. The number of para-hydroxylation sites is 1. The number of carbonyl (C=O) groups excluding carboxylic acids is 2. The Balaban J connectivity index is 1.80. The van der Waals surface area contributed by atoms with Crippen molar-refractivity contribution in [2.24, 2.45) is 0 Å². The first-order valence-electron chi connectivity index (χ1n) is 11.1. The average Bonchev–Trinajstić information content (AvgIpc) is 3.37. The first-order chi connectivity index (χ1) is 16.3. The van der Waals surface area contributed by atoms with E-state index in [1.54, 1.807) is 30.3 Å². The van der Waals surface area contributed by atoms with Gasteiger partial charge in [-0.25, -0.2) is 0 Å². The van der Waals surface area contributed by atoms with Gasteiger partial charge in [0, 0.05) is 18.5 Å². The van der Waals surface area contributed by atoms with Gasteiger partial charge >= 0.3 is 0 Å². The van der Waals surface area contributed by atoms with Crippen molar-refractivity contribution in [2.45, 2.75) is 13.0 Å². The number of aliphatic hydroxyl groups excluding tert-OH is 1. The number of carbonyl (C=O) groups is 2. The average molecular weight is 465 g/mol. The minimum absolute atomic E-state index is 0.0194. The lowest BCUT2D eigenvalue weighted by Crippen LogP contribution is -2.36. The van der Waals surface area contributed by atoms with Crippen LogP contribution in [0.4, 0.5) is 0 Å². The molecule has 1 aromatic heterocycles. The van der Waals surface area contributed by atoms with Gasteiger partial charge in [0.2, 0.25) is 5.78 Å². The highest BCUT2D eigenvalue weighted by molar-refractivity contribution is 6.16. The fourth-order valence-electron chi connectivity index (χ4n) is 4.13. The third kappa shape index (κ3) is 4.24. The van der Waals surface area contributed by atoms with Crippen LogP contribution < -0.4 is 9.47 Å². The molecule has 1 unspecified atom stereocenters. The summed E-state index contributed by atoms with van der Waals surface area (Å²) >= 11 is 0. The Kier molecular flexibility index (Phi) is 6.61. The molecule has 0 radical (unpaired) electrons. The Morgan fingerprint density at radius 3 is 2.59 bits per heavy atom. The molecule has 1 aliphatic rings. The van der Waals surface area contributed by atoms with E-state index in [9.17, 15) is 14.7 Å². The van der Waals surface area contributed by atoms with Crippen LogP contribution in [0.25, 0.3) is 11.0 Å². The Morgan fingerprint density at radius 1 is 1.15 bits per heavy atom. The van der Waals surface area contributed by atoms with E-state index in [-0.39, 0.29) is 11.3 Å². The SMILES string of the molecule is CCOc1ccc(C2C(C(=O)c3cc4ccccc4o3)=C(O)C(=O)N2CCN(C)C)cc1OC. The highest BCUT2D eigenvalue weighted by Crippen LogP contribution is 2.42. The van der Waals surface area contributed by atoms with Crippen LogP contribution in [0.3, 0.4) is 0 Å². The van der Waals surface area contributed by atoms with E-state index in [0.29, 0.717) is 42.3 Å². The highest BCUT2D eigenvalue weighted by Gasteiger charge is 2.44. The van der Waals surface area contributed by atoms with Gasteiger partial charge in [-0.15, -0.1) is 0 Å². The van der Waals surface area contributed by atoms with Gasteiger partial charge in [0.25, 0.3) is 5.91 Å². The van der Waals surface area contributed by atoms with Crippen LogP contribution in [-0.4, -0.2) is 67.5 Å². The van der Waals surface area contributed by atoms with Gasteiger partial charge in [0.1, 0.15) is 5.58 Å². The molecule has 178 valence electrons. The number of furan rings is 1. The van der Waals surface area contributed by atoms with E-state index in [4.69, 9.17) is 13.9 Å². The molecule has 3 aromatic rings. The molecule has 0 saturated carbocycles. The predicted molar refractivity (Wildman–Crippen MR) is 127 cm³/mol. The molecule has 1 atom stereocenters. The molecular weight excluding hydrogens is 436 g/mol. The molecule has 1 aliphatic heterocycles. The minimum Gasteiger partial charge on any atom is -0.503 e. The molecule has 8 heteroatoms. The molecule has 34 heavy (non-hydrogen) atoms. The minimum atomic E-state index is -0.808. The molecule has 2 heterocycles. The van der Waals surface area contributed by atoms with Crippen LogP contribution in [0, 0.1) is 0 Å². The molecule has 0 saturated heterocycles. The van der Waals surface area contributed by atoms with Crippen molar-refractivity contribution >= 4 is 22.7 Å². The fourth-order valence-corrected chi connectivity index (χ4v) is 4.13. The predicted octanol–water partition coefficient (Wildman–Crippen LogP) is 3.98. The van der Waals surface area contributed by atoms with E-state index in [0.717, 1.165) is 5.39 Å². The number of ether oxygens (including phenoxy) is 2. The van der Waals surface area contributed by atoms with Gasteiger partial charge in [-0.3, -0.25) is 9.59 Å². The Morgan fingerprint density at radius 2 is 1.91 bits per heavy atom. The normalized spacial score (nSPS) is 16.1. The number of rotatable bonds is 9. The molecule has 0 fully saturated rings. The second kappa shape index (κ2) is 9.61. The van der Waals surface area contributed by atoms with Crippen LogP contribution in [-0.2, 0) is 4.79 Å². The van der Waals surface area contributed by atoms with Crippen LogP contribution in [0.1, 0.15) is 29.1 Å². The first kappa shape index (κ1) is 23.4. The summed E-state index contributed by atoms with van der Waals surface area (Å²) in [6.45, 7) is 3.20. The number of benzene rings is 2. The first-order valence-corrected chi connectivity index (χ1v) is 11.1. The lowest BCUT2D eigenvalue weighted by Gasteiger charge is -2.28. The zero-order valence-corrected chi connectivity index (χ0v) is 19.7. The zero-order valence-electron chi connectivity index (χ0n) is 19.7. The summed E-state index contributed by atoms with van der Waals surface area (Å²) in [6.07, 6.45) is 0. The zero-order chi connectivity index (χ0) is 24.4. The van der Waals surface area contributed by atoms with Gasteiger partial charge in [0.05, 0.1) is 25.3 Å². The summed E-state index contributed by atoms with van der Waals surface area (Å²) < 4.78 is 16.9. The van der Waals surface area contributed by atoms with Crippen molar-refractivity contribution in [2.75, 3.05) is 40.9 Å². The van der Waals surface area contributed by atoms with Gasteiger partial charge < -0.3 is 28.8 Å². The Bertz CT molecular complexity index is 1230. The number of aliphatic hydroxyl groups is 1. The molecule has 8 nitrogen and oxygen atoms in total. The molecule has 1 amide bonds. The monoisotopic (exact) mass is 464 g/mol. The van der Waals surface area contributed by atoms with E-state index < -0.39 is 23.5 Å². The molecular formula is C26H28N2O6. The second-order valence-corrected chi connectivity index (χ2v) is 8.29. The van der Waals surface area contributed by atoms with Crippen LogP contribution >= 0.6 is 0 Å². The smallest absolute Gasteiger partial charge is 0.290 e. The fraction of sp³-hybridized carbons (Fsp3) is 0.308. The van der Waals surface area contributed by atoms with Gasteiger partial charge in [0.15, 0.2) is 23.0 Å². The number of likely N-dealkylation sites (N-methyl/N-ethyl adjacent to an activating group) is 1. The van der Waals surface area contributed by atoms with Gasteiger partial charge in [-0.05, 0) is 50.8 Å². The molecule has 2 aromatic carbocycles. The Labute approximate surface area is 198 Å². The number of amides is 1. The maximum Gasteiger partial charge on any atom is 0.290 e. The molecule has 0 aliphatic carbocycles. The van der Waals surface area contributed by atoms with Crippen LogP contribution in [0.15, 0.2) is 64.3 Å². The maximum absolute atomic E-state index is 13.6. The van der Waals surface area contributed by atoms with E-state index in [1.807, 2.05) is 44.1 Å². The standard InChI is InChI=1S/C26H28N2O6/c1-5-33-19-11-10-17(15-20(19)32-4)23-22(25(30)26(31)28(23)13-12-27(2)3)24(29)21-14-16-8-6-7-9-18(16)34-21/h6-11,14-15,23,30H,5,12-13H2,1-4H3. The summed E-state index contributed by atoms with van der Waals surface area (Å²) in [5.74, 6) is -0.612. The third-order valence-electron chi connectivity index (χ3n) is 5.79. The number of fused-ring (bicyclic) bond motifs is 1. The van der Waals surface area contributed by atoms with Crippen molar-refractivity contribution in [1.82, 2.24) is 9.80 Å². The number of Topliss-reactive ketones (excluding diaryl/α,β-unsaturated/α-hetero) is 1. The van der Waals surface area contributed by atoms with Crippen molar-refractivity contribution in [1.29, 1.82) is 0 Å². The van der Waals surface area contributed by atoms with Crippen LogP contribution in [0.5, 0.6) is 11.5 Å². The van der Waals surface area contributed by atoms with Crippen molar-refractivity contribution in [3.8, 4) is 11.5 Å². The van der Waals surface area contributed by atoms with Gasteiger partial charge in [-0.1, -0.05) is 24.3 Å². The summed E-state index contributed by atoms with van der Waals surface area (Å²) in [5.41, 5.74) is 1.16. The summed E-state index contributed by atoms with van der Waals surface area (Å²) in [4.78, 5) is 30.1. The third-order valence-corrected chi connectivity index (χ3v) is 5.79. The Hall–Kier alpha value is -3.78. The quantitative estimate of drug-likeness (QED) is 0.479. The molecule has 0 spiro atoms. The second-order valence-electron chi connectivity index (χ2n) is 8.29. The van der Waals surface area contributed by atoms with E-state index >= 15 is 0 Å². The van der Waals surface area contributed by atoms with E-state index in [1.165, 1.54) is 12.0 Å². The largest absolute Gasteiger partial charge is 0.503 e. The number of hydrogen-bond acceptors (Lipinski definition) is 7. The lowest BCUT2D eigenvalue weighted by atomic mass is 9.94. The number of hydrogen-bond donors (Lipinski definition) is 1. The maximum atomic E-state index is 13.6. The topological polar surface area (TPSA) is 92.5 Å². The summed E-state index contributed by atoms with van der Waals surface area (Å²) in [6, 6.07) is 13.3. The van der Waals surface area contributed by atoms with E-state index in [2.05, 4.69) is 0 Å². The summed E-state index contributed by atoms with van der Waals surface area (Å²) in [7, 11) is 5.31. The van der Waals surface area contributed by atoms with Crippen LogP contribution in [0.2, 0.25) is 0 Å². The number of ketones is 1. The molecule has 4 rings (SSSR count). The molecule has 0 bridgehead atoms. The number of methoxy groups -OCH3 is 1. The van der Waals surface area contributed by atoms with Crippen molar-refractivity contribution < 1.29 is 28.6 Å². The molecule has 1 N–H and O–H groups in total. The van der Waals surface area contributed by atoms with Gasteiger partial charge in [-0.2, -0.15) is 0 Å². The van der Waals surface area contributed by atoms with Crippen molar-refractivity contribution in [3.63, 3.8) is 0 Å². The summed E-state index contributed by atoms with van der Waals surface area (Å²) in [5, 5.41) is 11.6.